The van der Waals surface area contributed by atoms with E-state index >= 15 is 0 Å². The van der Waals surface area contributed by atoms with Crippen LogP contribution in [0.15, 0.2) is 23.3 Å². The van der Waals surface area contributed by atoms with Crippen LogP contribution in [0.3, 0.4) is 0 Å². The van der Waals surface area contributed by atoms with Crippen molar-refractivity contribution in [2.75, 3.05) is 26.8 Å². The Morgan fingerprint density at radius 3 is 2.88 bits per heavy atom. The fourth-order valence-corrected chi connectivity index (χ4v) is 3.41. The number of rotatable bonds is 6. The van der Waals surface area contributed by atoms with Gasteiger partial charge in [-0.1, -0.05) is 20.8 Å². The minimum Gasteiger partial charge on any atom is -0.481 e. The molecular formula is C20H34N4O2. The number of nitrogens with one attached hydrogen (secondary N) is 2. The highest BCUT2D eigenvalue weighted by Crippen LogP contribution is 2.33. The van der Waals surface area contributed by atoms with Crippen LogP contribution in [-0.2, 0) is 11.3 Å². The van der Waals surface area contributed by atoms with Gasteiger partial charge in [-0.15, -0.1) is 0 Å². The molecule has 1 saturated heterocycles. The summed E-state index contributed by atoms with van der Waals surface area (Å²) >= 11 is 0. The molecule has 146 valence electrons. The van der Waals surface area contributed by atoms with Gasteiger partial charge in [0, 0.05) is 37.9 Å². The van der Waals surface area contributed by atoms with Gasteiger partial charge in [0.2, 0.25) is 5.88 Å². The van der Waals surface area contributed by atoms with Crippen molar-refractivity contribution in [3.63, 3.8) is 0 Å². The number of aliphatic imine (C=N–C) groups is 1. The number of aromatic nitrogens is 1. The summed E-state index contributed by atoms with van der Waals surface area (Å²) in [6.07, 6.45) is 4.34. The van der Waals surface area contributed by atoms with E-state index in [-0.39, 0.29) is 11.5 Å². The fraction of sp³-hybridized carbons (Fsp3) is 0.700. The van der Waals surface area contributed by atoms with Crippen LogP contribution in [0.25, 0.3) is 0 Å². The van der Waals surface area contributed by atoms with E-state index in [2.05, 4.69) is 43.3 Å². The Morgan fingerprint density at radius 1 is 1.38 bits per heavy atom. The van der Waals surface area contributed by atoms with E-state index in [1.807, 2.05) is 12.1 Å². The number of hydrogen-bond donors (Lipinski definition) is 2. The number of methoxy groups -OCH3 is 1. The Morgan fingerprint density at radius 2 is 2.19 bits per heavy atom. The molecule has 2 heterocycles. The number of guanidine groups is 1. The minimum atomic E-state index is 0.149. The molecule has 2 N–H and O–H groups in total. The molecule has 6 nitrogen and oxygen atoms in total. The van der Waals surface area contributed by atoms with E-state index in [1.54, 1.807) is 13.3 Å². The summed E-state index contributed by atoms with van der Waals surface area (Å²) in [5.74, 6) is 1.94. The zero-order valence-corrected chi connectivity index (χ0v) is 16.8. The fourth-order valence-electron chi connectivity index (χ4n) is 3.41. The Kier molecular flexibility index (Phi) is 7.69. The molecule has 1 fully saturated rings. The average molecular weight is 363 g/mol. The Bertz CT molecular complexity index is 583. The first-order valence-electron chi connectivity index (χ1n) is 9.56. The lowest BCUT2D eigenvalue weighted by Gasteiger charge is -2.40. The summed E-state index contributed by atoms with van der Waals surface area (Å²) in [7, 11) is 1.62. The van der Waals surface area contributed by atoms with Gasteiger partial charge in [0.1, 0.15) is 0 Å². The number of ether oxygens (including phenoxy) is 2. The Hall–Kier alpha value is -1.82. The standard InChI is InChI=1S/C20H34N4O2/c1-6-21-19(23-13-15-9-10-22-17(12-15)25-5)24-14-16-8-7-11-26-18(16)20(2,3)4/h9-10,12,16,18H,6-8,11,13-14H2,1-5H3,(H2,21,23,24). The van der Waals surface area contributed by atoms with Gasteiger partial charge >= 0.3 is 0 Å². The van der Waals surface area contributed by atoms with E-state index in [0.29, 0.717) is 18.3 Å². The Labute approximate surface area is 157 Å². The highest BCUT2D eigenvalue weighted by atomic mass is 16.5. The number of hydrogen-bond acceptors (Lipinski definition) is 4. The van der Waals surface area contributed by atoms with Gasteiger partial charge < -0.3 is 20.1 Å². The first-order chi connectivity index (χ1) is 12.4. The highest BCUT2D eigenvalue weighted by molar-refractivity contribution is 5.79. The van der Waals surface area contributed by atoms with Crippen LogP contribution in [0.5, 0.6) is 5.88 Å². The normalized spacial score (nSPS) is 21.3. The molecule has 0 radical (unpaired) electrons. The van der Waals surface area contributed by atoms with Gasteiger partial charge in [-0.2, -0.15) is 0 Å². The maximum absolute atomic E-state index is 6.08. The quantitative estimate of drug-likeness (QED) is 0.601. The third kappa shape index (κ3) is 6.16. The summed E-state index contributed by atoms with van der Waals surface area (Å²) in [4.78, 5) is 8.84. The van der Waals surface area contributed by atoms with Crippen molar-refractivity contribution in [2.45, 2.75) is 53.2 Å². The molecule has 6 heteroatoms. The van der Waals surface area contributed by atoms with Crippen LogP contribution in [0.2, 0.25) is 0 Å². The second kappa shape index (κ2) is 9.76. The molecule has 1 aromatic rings. The minimum absolute atomic E-state index is 0.149. The van der Waals surface area contributed by atoms with Crippen molar-refractivity contribution in [1.82, 2.24) is 15.6 Å². The van der Waals surface area contributed by atoms with Crippen LogP contribution in [0.4, 0.5) is 0 Å². The molecule has 26 heavy (non-hydrogen) atoms. The van der Waals surface area contributed by atoms with Crippen LogP contribution in [0.1, 0.15) is 46.1 Å². The molecule has 0 spiro atoms. The van der Waals surface area contributed by atoms with Gasteiger partial charge in [-0.05, 0) is 36.8 Å². The second-order valence-electron chi connectivity index (χ2n) is 7.84. The molecule has 1 aromatic heterocycles. The smallest absolute Gasteiger partial charge is 0.213 e. The molecular weight excluding hydrogens is 328 g/mol. The maximum Gasteiger partial charge on any atom is 0.213 e. The second-order valence-corrected chi connectivity index (χ2v) is 7.84. The van der Waals surface area contributed by atoms with Crippen molar-refractivity contribution in [3.8, 4) is 5.88 Å². The van der Waals surface area contributed by atoms with Gasteiger partial charge in [-0.25, -0.2) is 9.98 Å². The molecule has 0 bridgehead atoms. The topological polar surface area (TPSA) is 67.8 Å². The third-order valence-corrected chi connectivity index (χ3v) is 4.60. The molecule has 0 saturated carbocycles. The highest BCUT2D eigenvalue weighted by Gasteiger charge is 2.35. The molecule has 0 amide bonds. The van der Waals surface area contributed by atoms with E-state index in [0.717, 1.165) is 37.6 Å². The lowest BCUT2D eigenvalue weighted by atomic mass is 9.78. The predicted octanol–water partition coefficient (Wildman–Crippen LogP) is 2.99. The van der Waals surface area contributed by atoms with Gasteiger partial charge in [0.05, 0.1) is 19.8 Å². The van der Waals surface area contributed by atoms with Crippen LogP contribution < -0.4 is 15.4 Å². The van der Waals surface area contributed by atoms with Crippen molar-refractivity contribution in [1.29, 1.82) is 0 Å². The van der Waals surface area contributed by atoms with Crippen LogP contribution >= 0.6 is 0 Å². The first-order valence-corrected chi connectivity index (χ1v) is 9.56. The average Bonchev–Trinajstić information content (AvgIpc) is 2.63. The number of pyridine rings is 1. The summed E-state index contributed by atoms with van der Waals surface area (Å²) < 4.78 is 11.3. The van der Waals surface area contributed by atoms with Crippen molar-refractivity contribution in [2.24, 2.45) is 16.3 Å². The summed E-state index contributed by atoms with van der Waals surface area (Å²) in [5, 5.41) is 6.83. The monoisotopic (exact) mass is 362 g/mol. The van der Waals surface area contributed by atoms with Gasteiger partial charge in [0.15, 0.2) is 5.96 Å². The van der Waals surface area contributed by atoms with E-state index in [9.17, 15) is 0 Å². The van der Waals surface area contributed by atoms with Crippen molar-refractivity contribution in [3.05, 3.63) is 23.9 Å². The van der Waals surface area contributed by atoms with E-state index < -0.39 is 0 Å². The molecule has 0 aliphatic carbocycles. The zero-order valence-electron chi connectivity index (χ0n) is 16.8. The van der Waals surface area contributed by atoms with E-state index in [4.69, 9.17) is 14.5 Å². The summed E-state index contributed by atoms with van der Waals surface area (Å²) in [6.45, 7) is 12.0. The van der Waals surface area contributed by atoms with Crippen LogP contribution in [0, 0.1) is 11.3 Å². The predicted molar refractivity (Wildman–Crippen MR) is 106 cm³/mol. The molecule has 0 aromatic carbocycles. The molecule has 1 aliphatic heterocycles. The zero-order chi connectivity index (χ0) is 19.0. The summed E-state index contributed by atoms with van der Waals surface area (Å²) in [6, 6.07) is 3.87. The Balaban J connectivity index is 1.98. The van der Waals surface area contributed by atoms with Gasteiger partial charge in [-0.3, -0.25) is 0 Å². The molecule has 2 unspecified atom stereocenters. The SMILES string of the molecule is CCNC(=NCc1ccnc(OC)c1)NCC1CCCOC1C(C)(C)C. The maximum atomic E-state index is 6.08. The number of nitrogens with zero attached hydrogens (tertiary/aromatic N) is 2. The molecule has 1 aliphatic rings. The largest absolute Gasteiger partial charge is 0.481 e. The van der Waals surface area contributed by atoms with E-state index in [1.165, 1.54) is 6.42 Å². The van der Waals surface area contributed by atoms with Crippen LogP contribution in [-0.4, -0.2) is 43.9 Å². The van der Waals surface area contributed by atoms with Gasteiger partial charge in [0.25, 0.3) is 0 Å². The molecule has 2 rings (SSSR count). The third-order valence-electron chi connectivity index (χ3n) is 4.60. The molecule has 2 atom stereocenters. The summed E-state index contributed by atoms with van der Waals surface area (Å²) in [5.41, 5.74) is 1.22. The lowest BCUT2D eigenvalue weighted by Crippen LogP contribution is -2.47. The van der Waals surface area contributed by atoms with Crippen molar-refractivity contribution < 1.29 is 9.47 Å². The van der Waals surface area contributed by atoms with Crippen molar-refractivity contribution >= 4 is 5.96 Å². The first kappa shape index (κ1) is 20.5. The lowest BCUT2D eigenvalue weighted by molar-refractivity contribution is -0.0835.